The number of hydrogen-bond donors (Lipinski definition) is 1. The number of methoxy groups -OCH3 is 1. The van der Waals surface area contributed by atoms with Crippen LogP contribution in [0.5, 0.6) is 5.75 Å². The Kier molecular flexibility index (Phi) is 4.04. The number of carbonyl (C=O) groups excluding carboxylic acids is 1. The van der Waals surface area contributed by atoms with Crippen LogP contribution >= 0.6 is 0 Å². The van der Waals surface area contributed by atoms with Crippen molar-refractivity contribution in [3.63, 3.8) is 0 Å². The molecule has 1 saturated heterocycles. The molecule has 114 valence electrons. The van der Waals surface area contributed by atoms with Crippen molar-refractivity contribution < 1.29 is 9.53 Å². The highest BCUT2D eigenvalue weighted by Crippen LogP contribution is 2.36. The zero-order chi connectivity index (χ0) is 14.8. The average molecular weight is 288 g/mol. The van der Waals surface area contributed by atoms with Gasteiger partial charge < -0.3 is 15.4 Å². The quantitative estimate of drug-likeness (QED) is 0.870. The first kappa shape index (κ1) is 14.2. The van der Waals surface area contributed by atoms with Gasteiger partial charge >= 0.3 is 0 Å². The Morgan fingerprint density at radius 2 is 1.95 bits per heavy atom. The molecule has 0 spiro atoms. The number of nitrogen functional groups attached to an aromatic ring is 1. The molecule has 21 heavy (non-hydrogen) atoms. The molecule has 2 aliphatic rings. The van der Waals surface area contributed by atoms with Gasteiger partial charge in [0, 0.05) is 29.9 Å². The predicted molar refractivity (Wildman–Crippen MR) is 83.4 cm³/mol. The lowest BCUT2D eigenvalue weighted by atomic mass is 9.95. The first-order valence-corrected chi connectivity index (χ1v) is 7.94. The Bertz CT molecular complexity index is 524. The van der Waals surface area contributed by atoms with E-state index in [9.17, 15) is 4.79 Å². The van der Waals surface area contributed by atoms with Gasteiger partial charge in [0.2, 0.25) is 0 Å². The molecule has 1 aromatic carbocycles. The van der Waals surface area contributed by atoms with Gasteiger partial charge in [-0.05, 0) is 43.7 Å². The highest BCUT2D eigenvalue weighted by molar-refractivity contribution is 5.96. The lowest BCUT2D eigenvalue weighted by Crippen LogP contribution is -2.39. The molecule has 0 bridgehead atoms. The van der Waals surface area contributed by atoms with Crippen molar-refractivity contribution in [2.24, 2.45) is 5.92 Å². The first-order chi connectivity index (χ1) is 10.2. The summed E-state index contributed by atoms with van der Waals surface area (Å²) in [6, 6.07) is 5.72. The summed E-state index contributed by atoms with van der Waals surface area (Å²) < 4.78 is 5.22. The van der Waals surface area contributed by atoms with Gasteiger partial charge in [-0.2, -0.15) is 0 Å². The van der Waals surface area contributed by atoms with Gasteiger partial charge in [-0.3, -0.25) is 4.79 Å². The number of nitrogens with two attached hydrogens (primary N) is 1. The van der Waals surface area contributed by atoms with Gasteiger partial charge in [0.15, 0.2) is 0 Å². The van der Waals surface area contributed by atoms with Crippen LogP contribution in [0.4, 0.5) is 5.69 Å². The van der Waals surface area contributed by atoms with Crippen molar-refractivity contribution in [2.75, 3.05) is 19.4 Å². The summed E-state index contributed by atoms with van der Waals surface area (Å²) in [7, 11) is 1.60. The fourth-order valence-corrected chi connectivity index (χ4v) is 3.91. The third-order valence-corrected chi connectivity index (χ3v) is 4.92. The normalized spacial score (nSPS) is 22.7. The highest BCUT2D eigenvalue weighted by Gasteiger charge is 2.36. The third kappa shape index (κ3) is 2.85. The summed E-state index contributed by atoms with van der Waals surface area (Å²) in [5.74, 6) is 1.45. The molecule has 4 heteroatoms. The Balaban J connectivity index is 1.81. The highest BCUT2D eigenvalue weighted by atomic mass is 16.5. The Labute approximate surface area is 126 Å². The molecule has 4 nitrogen and oxygen atoms in total. The first-order valence-electron chi connectivity index (χ1n) is 7.94. The van der Waals surface area contributed by atoms with Crippen LogP contribution in [-0.4, -0.2) is 30.5 Å². The van der Waals surface area contributed by atoms with Crippen molar-refractivity contribution in [3.05, 3.63) is 23.8 Å². The smallest absolute Gasteiger partial charge is 0.254 e. The van der Waals surface area contributed by atoms with Crippen molar-refractivity contribution >= 4 is 11.6 Å². The summed E-state index contributed by atoms with van der Waals surface area (Å²) in [6.45, 7) is 0.872. The molecule has 1 amide bonds. The molecule has 3 rings (SSSR count). The molecule has 2 N–H and O–H groups in total. The van der Waals surface area contributed by atoms with Crippen LogP contribution in [0.15, 0.2) is 18.2 Å². The van der Waals surface area contributed by atoms with E-state index < -0.39 is 0 Å². The van der Waals surface area contributed by atoms with Gasteiger partial charge in [0.05, 0.1) is 7.11 Å². The summed E-state index contributed by atoms with van der Waals surface area (Å²) in [4.78, 5) is 14.9. The molecular formula is C17H24N2O2. The number of benzene rings is 1. The number of carbonyl (C=O) groups is 1. The van der Waals surface area contributed by atoms with E-state index in [-0.39, 0.29) is 5.91 Å². The summed E-state index contributed by atoms with van der Waals surface area (Å²) >= 11 is 0. The lowest BCUT2D eigenvalue weighted by Gasteiger charge is -2.29. The third-order valence-electron chi connectivity index (χ3n) is 4.92. The monoisotopic (exact) mass is 288 g/mol. The molecule has 1 aromatic rings. The largest absolute Gasteiger partial charge is 0.497 e. The van der Waals surface area contributed by atoms with E-state index in [1.165, 1.54) is 25.7 Å². The molecule has 2 fully saturated rings. The standard InChI is InChI=1S/C17H24N2O2/c1-21-15-10-13(9-14(18)11-15)17(20)19-8-4-7-16(19)12-5-2-3-6-12/h9-12,16H,2-8,18H2,1H3. The van der Waals surface area contributed by atoms with E-state index in [1.54, 1.807) is 25.3 Å². The van der Waals surface area contributed by atoms with E-state index in [1.807, 2.05) is 0 Å². The number of hydrogen-bond acceptors (Lipinski definition) is 3. The SMILES string of the molecule is COc1cc(N)cc(C(=O)N2CCCC2C2CCCC2)c1. The van der Waals surface area contributed by atoms with Gasteiger partial charge in [-0.15, -0.1) is 0 Å². The van der Waals surface area contributed by atoms with Crippen molar-refractivity contribution in [1.82, 2.24) is 4.90 Å². The van der Waals surface area contributed by atoms with E-state index in [2.05, 4.69) is 4.90 Å². The molecular weight excluding hydrogens is 264 g/mol. The van der Waals surface area contributed by atoms with Crippen molar-refractivity contribution in [1.29, 1.82) is 0 Å². The Morgan fingerprint density at radius 3 is 2.67 bits per heavy atom. The number of likely N-dealkylation sites (tertiary alicyclic amines) is 1. The number of ether oxygens (including phenoxy) is 1. The number of anilines is 1. The number of rotatable bonds is 3. The Morgan fingerprint density at radius 1 is 1.19 bits per heavy atom. The second-order valence-corrected chi connectivity index (χ2v) is 6.25. The predicted octanol–water partition coefficient (Wildman–Crippen LogP) is 3.07. The van der Waals surface area contributed by atoms with Crippen LogP contribution in [0.2, 0.25) is 0 Å². The zero-order valence-corrected chi connectivity index (χ0v) is 12.7. The van der Waals surface area contributed by atoms with Crippen LogP contribution in [0.25, 0.3) is 0 Å². The van der Waals surface area contributed by atoms with Crippen molar-refractivity contribution in [2.45, 2.75) is 44.6 Å². The molecule has 0 radical (unpaired) electrons. The van der Waals surface area contributed by atoms with E-state index >= 15 is 0 Å². The van der Waals surface area contributed by atoms with Crippen LogP contribution in [0, 0.1) is 5.92 Å². The molecule has 1 atom stereocenters. The summed E-state index contributed by atoms with van der Waals surface area (Å²) in [5.41, 5.74) is 7.11. The minimum absolute atomic E-state index is 0.106. The number of nitrogens with zero attached hydrogens (tertiary/aromatic N) is 1. The van der Waals surface area contributed by atoms with E-state index in [4.69, 9.17) is 10.5 Å². The van der Waals surface area contributed by atoms with Crippen LogP contribution < -0.4 is 10.5 Å². The van der Waals surface area contributed by atoms with Crippen LogP contribution in [0.1, 0.15) is 48.9 Å². The van der Waals surface area contributed by atoms with E-state index in [0.29, 0.717) is 29.0 Å². The minimum Gasteiger partial charge on any atom is -0.497 e. The second-order valence-electron chi connectivity index (χ2n) is 6.25. The average Bonchev–Trinajstić information content (AvgIpc) is 3.16. The van der Waals surface area contributed by atoms with Gasteiger partial charge in [0.1, 0.15) is 5.75 Å². The summed E-state index contributed by atoms with van der Waals surface area (Å²) in [6.07, 6.45) is 7.44. The maximum Gasteiger partial charge on any atom is 0.254 e. The number of amides is 1. The zero-order valence-electron chi connectivity index (χ0n) is 12.7. The molecule has 1 aliphatic heterocycles. The van der Waals surface area contributed by atoms with Crippen LogP contribution in [-0.2, 0) is 0 Å². The molecule has 1 aliphatic carbocycles. The van der Waals surface area contributed by atoms with E-state index in [0.717, 1.165) is 19.4 Å². The van der Waals surface area contributed by atoms with Gasteiger partial charge in [-0.25, -0.2) is 0 Å². The maximum atomic E-state index is 12.8. The molecule has 1 saturated carbocycles. The molecule has 1 unspecified atom stereocenters. The maximum absolute atomic E-state index is 12.8. The molecule has 1 heterocycles. The Hall–Kier alpha value is -1.71. The molecule has 0 aromatic heterocycles. The van der Waals surface area contributed by atoms with Gasteiger partial charge in [0.25, 0.3) is 5.91 Å². The minimum atomic E-state index is 0.106. The van der Waals surface area contributed by atoms with Crippen LogP contribution in [0.3, 0.4) is 0 Å². The fraction of sp³-hybridized carbons (Fsp3) is 0.588. The lowest BCUT2D eigenvalue weighted by molar-refractivity contribution is 0.0689. The summed E-state index contributed by atoms with van der Waals surface area (Å²) in [5, 5.41) is 0. The topological polar surface area (TPSA) is 55.6 Å². The van der Waals surface area contributed by atoms with Gasteiger partial charge in [-0.1, -0.05) is 12.8 Å². The second kappa shape index (κ2) is 5.96. The van der Waals surface area contributed by atoms with Crippen molar-refractivity contribution in [3.8, 4) is 5.75 Å². The fourth-order valence-electron chi connectivity index (χ4n) is 3.91.